The van der Waals surface area contributed by atoms with Crippen molar-refractivity contribution in [2.45, 2.75) is 19.5 Å². The fourth-order valence-corrected chi connectivity index (χ4v) is 5.19. The van der Waals surface area contributed by atoms with E-state index >= 15 is 0 Å². The van der Waals surface area contributed by atoms with E-state index in [1.54, 1.807) is 25.1 Å². The van der Waals surface area contributed by atoms with Crippen molar-refractivity contribution in [3.63, 3.8) is 0 Å². The third-order valence-electron chi connectivity index (χ3n) is 7.39. The number of anilines is 1. The van der Waals surface area contributed by atoms with Crippen LogP contribution in [0.5, 0.6) is 5.75 Å². The van der Waals surface area contributed by atoms with Crippen LogP contribution in [0.25, 0.3) is 22.3 Å². The van der Waals surface area contributed by atoms with Crippen LogP contribution in [0.2, 0.25) is 0 Å². The minimum Gasteiger partial charge on any atom is -0.482 e. The SMILES string of the molecule is Cc1c(-c2ccccc2)oc2c(C(=O)NCCCN3CCN(c4ccc(F)cc4OCC(F)(F)F)CC3)cccc2c1=O. The number of fused-ring (bicyclic) bond motifs is 1. The van der Waals surface area contributed by atoms with Crippen LogP contribution in [0.1, 0.15) is 22.3 Å². The van der Waals surface area contributed by atoms with Crippen molar-refractivity contribution in [2.75, 3.05) is 50.8 Å². The van der Waals surface area contributed by atoms with E-state index in [1.165, 1.54) is 12.1 Å². The Morgan fingerprint density at radius 1 is 1.00 bits per heavy atom. The van der Waals surface area contributed by atoms with Crippen molar-refractivity contribution in [2.24, 2.45) is 0 Å². The molecule has 4 aromatic rings. The summed E-state index contributed by atoms with van der Waals surface area (Å²) in [6.45, 7) is 3.63. The number of carbonyl (C=O) groups excluding carboxylic acids is 1. The standard InChI is InChI=1S/C32H31F4N3O4/c1-21-28(40)24-9-5-10-25(30(24)43-29(21)22-7-3-2-4-8-22)31(41)37-13-6-14-38-15-17-39(18-16-38)26-12-11-23(33)19-27(26)42-20-32(34,35)36/h2-5,7-12,19H,6,13-18,20H2,1H3,(H,37,41). The molecule has 1 aromatic heterocycles. The summed E-state index contributed by atoms with van der Waals surface area (Å²) < 4.78 is 62.7. The fourth-order valence-electron chi connectivity index (χ4n) is 5.19. The van der Waals surface area contributed by atoms with E-state index in [9.17, 15) is 27.2 Å². The molecule has 1 aliphatic rings. The lowest BCUT2D eigenvalue weighted by Gasteiger charge is -2.36. The number of benzene rings is 3. The number of amides is 1. The molecule has 1 aliphatic heterocycles. The lowest BCUT2D eigenvalue weighted by Crippen LogP contribution is -2.47. The van der Waals surface area contributed by atoms with E-state index in [-0.39, 0.29) is 28.2 Å². The molecule has 0 unspecified atom stereocenters. The zero-order valence-electron chi connectivity index (χ0n) is 23.5. The van der Waals surface area contributed by atoms with Crippen molar-refractivity contribution in [3.05, 3.63) is 93.9 Å². The molecule has 1 N–H and O–H groups in total. The first kappa shape index (κ1) is 30.1. The molecule has 0 saturated carbocycles. The second-order valence-electron chi connectivity index (χ2n) is 10.4. The highest BCUT2D eigenvalue weighted by Gasteiger charge is 2.30. The third kappa shape index (κ3) is 7.16. The maximum atomic E-state index is 13.7. The van der Waals surface area contributed by atoms with Gasteiger partial charge in [0.25, 0.3) is 5.91 Å². The molecule has 226 valence electrons. The Morgan fingerprint density at radius 2 is 1.74 bits per heavy atom. The summed E-state index contributed by atoms with van der Waals surface area (Å²) in [5.41, 5.74) is 1.98. The van der Waals surface area contributed by atoms with Crippen molar-refractivity contribution < 1.29 is 31.5 Å². The van der Waals surface area contributed by atoms with Crippen LogP contribution in [0, 0.1) is 12.7 Å². The minimum atomic E-state index is -4.52. The Bertz CT molecular complexity index is 1650. The lowest BCUT2D eigenvalue weighted by molar-refractivity contribution is -0.153. The van der Waals surface area contributed by atoms with Gasteiger partial charge in [-0.1, -0.05) is 36.4 Å². The molecular weight excluding hydrogens is 566 g/mol. The molecule has 0 aliphatic carbocycles. The molecule has 1 saturated heterocycles. The Kier molecular flexibility index (Phi) is 9.00. The maximum absolute atomic E-state index is 13.7. The zero-order valence-corrected chi connectivity index (χ0v) is 23.5. The summed E-state index contributed by atoms with van der Waals surface area (Å²) in [6.07, 6.45) is -3.87. The molecule has 0 radical (unpaired) electrons. The number of rotatable bonds is 9. The summed E-state index contributed by atoms with van der Waals surface area (Å²) in [5, 5.41) is 3.26. The van der Waals surface area contributed by atoms with Gasteiger partial charge in [-0.15, -0.1) is 0 Å². The molecule has 0 atom stereocenters. The Morgan fingerprint density at radius 3 is 2.47 bits per heavy atom. The van der Waals surface area contributed by atoms with Gasteiger partial charge in [-0.3, -0.25) is 14.5 Å². The van der Waals surface area contributed by atoms with Crippen LogP contribution >= 0.6 is 0 Å². The van der Waals surface area contributed by atoms with Crippen molar-refractivity contribution in [3.8, 4) is 17.1 Å². The molecule has 3 aromatic carbocycles. The van der Waals surface area contributed by atoms with Crippen LogP contribution in [-0.4, -0.2) is 62.9 Å². The maximum Gasteiger partial charge on any atom is 0.422 e. The summed E-state index contributed by atoms with van der Waals surface area (Å²) in [5.74, 6) is -0.718. The molecular formula is C32H31F4N3O4. The molecule has 2 heterocycles. The van der Waals surface area contributed by atoms with Crippen LogP contribution in [0.15, 0.2) is 75.9 Å². The molecule has 5 rings (SSSR count). The van der Waals surface area contributed by atoms with Gasteiger partial charge in [0.1, 0.15) is 17.3 Å². The number of para-hydroxylation sites is 1. The molecule has 43 heavy (non-hydrogen) atoms. The Labute approximate surface area is 245 Å². The smallest absolute Gasteiger partial charge is 0.422 e. The lowest BCUT2D eigenvalue weighted by atomic mass is 10.0. The topological polar surface area (TPSA) is 75.0 Å². The number of ether oxygens (including phenoxy) is 1. The average Bonchev–Trinajstić information content (AvgIpc) is 3.00. The van der Waals surface area contributed by atoms with Gasteiger partial charge in [0.05, 0.1) is 16.6 Å². The van der Waals surface area contributed by atoms with E-state index in [4.69, 9.17) is 9.15 Å². The fraction of sp³-hybridized carbons (Fsp3) is 0.312. The summed E-state index contributed by atoms with van der Waals surface area (Å²) in [4.78, 5) is 30.3. The van der Waals surface area contributed by atoms with Crippen molar-refractivity contribution in [1.82, 2.24) is 10.2 Å². The van der Waals surface area contributed by atoms with Gasteiger partial charge < -0.3 is 19.4 Å². The molecule has 1 amide bonds. The number of piperazine rings is 1. The zero-order chi connectivity index (χ0) is 30.6. The minimum absolute atomic E-state index is 0.135. The number of nitrogens with one attached hydrogen (secondary N) is 1. The highest BCUT2D eigenvalue weighted by atomic mass is 19.4. The van der Waals surface area contributed by atoms with Gasteiger partial charge >= 0.3 is 6.18 Å². The van der Waals surface area contributed by atoms with Gasteiger partial charge in [0.2, 0.25) is 0 Å². The molecule has 7 nitrogen and oxygen atoms in total. The predicted octanol–water partition coefficient (Wildman–Crippen LogP) is 5.79. The number of halogens is 4. The molecule has 0 bridgehead atoms. The van der Waals surface area contributed by atoms with E-state index in [0.29, 0.717) is 68.1 Å². The number of carbonyl (C=O) groups is 1. The van der Waals surface area contributed by atoms with Gasteiger partial charge in [-0.25, -0.2) is 4.39 Å². The van der Waals surface area contributed by atoms with Crippen LogP contribution in [0.3, 0.4) is 0 Å². The molecule has 11 heteroatoms. The van der Waals surface area contributed by atoms with E-state index in [0.717, 1.165) is 11.6 Å². The highest BCUT2D eigenvalue weighted by molar-refractivity contribution is 6.05. The van der Waals surface area contributed by atoms with Crippen molar-refractivity contribution in [1.29, 1.82) is 0 Å². The van der Waals surface area contributed by atoms with Gasteiger partial charge in [0.15, 0.2) is 17.6 Å². The largest absolute Gasteiger partial charge is 0.482 e. The second kappa shape index (κ2) is 12.9. The Balaban J connectivity index is 1.16. The van der Waals surface area contributed by atoms with Crippen molar-refractivity contribution >= 4 is 22.6 Å². The van der Waals surface area contributed by atoms with Crippen LogP contribution in [0.4, 0.5) is 23.2 Å². The van der Waals surface area contributed by atoms with E-state index < -0.39 is 18.6 Å². The summed E-state index contributed by atoms with van der Waals surface area (Å²) >= 11 is 0. The number of alkyl halides is 3. The van der Waals surface area contributed by atoms with Crippen LogP contribution < -0.4 is 20.4 Å². The predicted molar refractivity (Wildman–Crippen MR) is 156 cm³/mol. The number of nitrogens with zero attached hydrogens (tertiary/aromatic N) is 2. The monoisotopic (exact) mass is 597 g/mol. The van der Waals surface area contributed by atoms with Gasteiger partial charge in [0, 0.05) is 49.9 Å². The summed E-state index contributed by atoms with van der Waals surface area (Å²) in [6, 6.07) is 17.8. The first-order chi connectivity index (χ1) is 20.6. The van der Waals surface area contributed by atoms with Crippen LogP contribution in [-0.2, 0) is 0 Å². The number of hydrogen-bond donors (Lipinski definition) is 1. The second-order valence-corrected chi connectivity index (χ2v) is 10.4. The first-order valence-electron chi connectivity index (χ1n) is 14.0. The molecule has 0 spiro atoms. The van der Waals surface area contributed by atoms with E-state index in [1.807, 2.05) is 35.2 Å². The van der Waals surface area contributed by atoms with Gasteiger partial charge in [-0.2, -0.15) is 13.2 Å². The number of hydrogen-bond acceptors (Lipinski definition) is 6. The van der Waals surface area contributed by atoms with Gasteiger partial charge in [-0.05, 0) is 44.2 Å². The third-order valence-corrected chi connectivity index (χ3v) is 7.39. The Hall–Kier alpha value is -4.38. The average molecular weight is 598 g/mol. The first-order valence-corrected chi connectivity index (χ1v) is 14.0. The quantitative estimate of drug-likeness (QED) is 0.195. The molecule has 1 fully saturated rings. The highest BCUT2D eigenvalue weighted by Crippen LogP contribution is 2.32. The normalized spacial score (nSPS) is 14.2. The van der Waals surface area contributed by atoms with E-state index in [2.05, 4.69) is 10.2 Å². The summed E-state index contributed by atoms with van der Waals surface area (Å²) in [7, 11) is 0.